The molecule has 0 amide bonds. The van der Waals surface area contributed by atoms with Crippen LogP contribution in [-0.4, -0.2) is 13.2 Å². The lowest BCUT2D eigenvalue weighted by atomic mass is 10.0. The van der Waals surface area contributed by atoms with E-state index in [9.17, 15) is 0 Å². The maximum absolute atomic E-state index is 5.55. The van der Waals surface area contributed by atoms with Crippen LogP contribution in [0.3, 0.4) is 0 Å². The molecule has 1 unspecified atom stereocenters. The van der Waals surface area contributed by atoms with Crippen molar-refractivity contribution in [2.24, 2.45) is 5.92 Å². The Morgan fingerprint density at radius 3 is 3.06 bits per heavy atom. The van der Waals surface area contributed by atoms with Crippen molar-refractivity contribution >= 4 is 0 Å². The molecule has 0 saturated heterocycles. The molecule has 1 aliphatic heterocycles. The van der Waals surface area contributed by atoms with Gasteiger partial charge in [-0.3, -0.25) is 0 Å². The fourth-order valence-corrected chi connectivity index (χ4v) is 2.55. The number of ether oxygens (including phenoxy) is 1. The summed E-state index contributed by atoms with van der Waals surface area (Å²) in [6, 6.07) is 7.20. The van der Waals surface area contributed by atoms with Crippen LogP contribution in [0.25, 0.3) is 0 Å². The van der Waals surface area contributed by atoms with Gasteiger partial charge in [-0.2, -0.15) is 0 Å². The van der Waals surface area contributed by atoms with Gasteiger partial charge in [0.15, 0.2) is 0 Å². The van der Waals surface area contributed by atoms with Crippen LogP contribution in [0.5, 0.6) is 5.75 Å². The number of fused-ring (bicyclic) bond motifs is 1. The third kappa shape index (κ3) is 2.47. The Labute approximate surface area is 103 Å². The fraction of sp³-hybridized carbons (Fsp3) is 0.600. The molecule has 1 aromatic carbocycles. The SMILES string of the molecule is CCC(NCC1CC1)c1ccc2c(c1)CCO2. The number of nitrogens with one attached hydrogen (secondary N) is 1. The molecule has 2 nitrogen and oxygen atoms in total. The number of rotatable bonds is 5. The molecule has 1 atom stereocenters. The molecular weight excluding hydrogens is 210 g/mol. The highest BCUT2D eigenvalue weighted by Crippen LogP contribution is 2.31. The van der Waals surface area contributed by atoms with Gasteiger partial charge >= 0.3 is 0 Å². The van der Waals surface area contributed by atoms with Crippen LogP contribution < -0.4 is 10.1 Å². The van der Waals surface area contributed by atoms with Gasteiger partial charge in [-0.15, -0.1) is 0 Å². The summed E-state index contributed by atoms with van der Waals surface area (Å²) in [6.45, 7) is 4.30. The Balaban J connectivity index is 1.71. The van der Waals surface area contributed by atoms with E-state index in [0.717, 1.165) is 31.1 Å². The monoisotopic (exact) mass is 231 g/mol. The number of benzene rings is 1. The van der Waals surface area contributed by atoms with Gasteiger partial charge in [-0.05, 0) is 48.9 Å². The van der Waals surface area contributed by atoms with E-state index >= 15 is 0 Å². The molecule has 0 radical (unpaired) electrons. The second-order valence-electron chi connectivity index (χ2n) is 5.28. The molecule has 1 saturated carbocycles. The molecule has 1 N–H and O–H groups in total. The van der Waals surface area contributed by atoms with Gasteiger partial charge in [0.1, 0.15) is 5.75 Å². The highest BCUT2D eigenvalue weighted by atomic mass is 16.5. The second-order valence-corrected chi connectivity index (χ2v) is 5.28. The third-order valence-corrected chi connectivity index (χ3v) is 3.87. The molecule has 17 heavy (non-hydrogen) atoms. The summed E-state index contributed by atoms with van der Waals surface area (Å²) < 4.78 is 5.55. The fourth-order valence-electron chi connectivity index (χ4n) is 2.55. The minimum atomic E-state index is 0.515. The lowest BCUT2D eigenvalue weighted by Gasteiger charge is -2.18. The molecule has 0 bridgehead atoms. The minimum Gasteiger partial charge on any atom is -0.493 e. The maximum atomic E-state index is 5.55. The zero-order valence-corrected chi connectivity index (χ0v) is 10.5. The second kappa shape index (κ2) is 4.69. The van der Waals surface area contributed by atoms with E-state index in [-0.39, 0.29) is 0 Å². The average molecular weight is 231 g/mol. The zero-order valence-electron chi connectivity index (χ0n) is 10.5. The summed E-state index contributed by atoms with van der Waals surface area (Å²) in [5.41, 5.74) is 2.81. The first-order valence-corrected chi connectivity index (χ1v) is 6.86. The zero-order chi connectivity index (χ0) is 11.7. The molecule has 1 aliphatic carbocycles. The molecular formula is C15H21NO. The van der Waals surface area contributed by atoms with Gasteiger partial charge in [-0.1, -0.05) is 19.1 Å². The third-order valence-electron chi connectivity index (χ3n) is 3.87. The first kappa shape index (κ1) is 11.1. The van der Waals surface area contributed by atoms with Crippen LogP contribution >= 0.6 is 0 Å². The van der Waals surface area contributed by atoms with E-state index in [4.69, 9.17) is 4.74 Å². The molecule has 2 aliphatic rings. The van der Waals surface area contributed by atoms with Crippen molar-refractivity contribution in [3.8, 4) is 5.75 Å². The molecule has 1 aromatic rings. The Morgan fingerprint density at radius 2 is 2.29 bits per heavy atom. The number of hydrogen-bond acceptors (Lipinski definition) is 2. The van der Waals surface area contributed by atoms with Crippen molar-refractivity contribution < 1.29 is 4.74 Å². The lowest BCUT2D eigenvalue weighted by molar-refractivity contribution is 0.356. The number of hydrogen-bond donors (Lipinski definition) is 1. The van der Waals surface area contributed by atoms with Gasteiger partial charge in [0.2, 0.25) is 0 Å². The molecule has 0 aromatic heterocycles. The molecule has 1 fully saturated rings. The predicted molar refractivity (Wildman–Crippen MR) is 69.4 cm³/mol. The highest BCUT2D eigenvalue weighted by molar-refractivity contribution is 5.40. The predicted octanol–water partition coefficient (Wildman–Crippen LogP) is 3.07. The lowest BCUT2D eigenvalue weighted by Crippen LogP contribution is -2.23. The average Bonchev–Trinajstić information content (AvgIpc) is 3.06. The molecule has 92 valence electrons. The largest absolute Gasteiger partial charge is 0.493 e. The molecule has 2 heteroatoms. The van der Waals surface area contributed by atoms with E-state index in [1.54, 1.807) is 0 Å². The van der Waals surface area contributed by atoms with E-state index in [0.29, 0.717) is 6.04 Å². The van der Waals surface area contributed by atoms with Crippen molar-refractivity contribution in [2.75, 3.05) is 13.2 Å². The van der Waals surface area contributed by atoms with Gasteiger partial charge in [0.25, 0.3) is 0 Å². The highest BCUT2D eigenvalue weighted by Gasteiger charge is 2.22. The smallest absolute Gasteiger partial charge is 0.122 e. The van der Waals surface area contributed by atoms with Crippen molar-refractivity contribution in [3.05, 3.63) is 29.3 Å². The summed E-state index contributed by atoms with van der Waals surface area (Å²) in [7, 11) is 0. The quantitative estimate of drug-likeness (QED) is 0.841. The van der Waals surface area contributed by atoms with Gasteiger partial charge < -0.3 is 10.1 Å². The Hall–Kier alpha value is -1.02. The first-order valence-electron chi connectivity index (χ1n) is 6.86. The van der Waals surface area contributed by atoms with Gasteiger partial charge in [0.05, 0.1) is 6.61 Å². The Bertz CT molecular complexity index is 398. The van der Waals surface area contributed by atoms with Crippen LogP contribution in [0.2, 0.25) is 0 Å². The van der Waals surface area contributed by atoms with E-state index < -0.39 is 0 Å². The van der Waals surface area contributed by atoms with Crippen LogP contribution in [0.1, 0.15) is 43.4 Å². The van der Waals surface area contributed by atoms with Crippen LogP contribution in [0, 0.1) is 5.92 Å². The van der Waals surface area contributed by atoms with Crippen molar-refractivity contribution in [1.82, 2.24) is 5.32 Å². The minimum absolute atomic E-state index is 0.515. The van der Waals surface area contributed by atoms with E-state index in [1.807, 2.05) is 0 Å². The van der Waals surface area contributed by atoms with Crippen LogP contribution in [-0.2, 0) is 6.42 Å². The van der Waals surface area contributed by atoms with Crippen molar-refractivity contribution in [1.29, 1.82) is 0 Å². The Morgan fingerprint density at radius 1 is 1.41 bits per heavy atom. The van der Waals surface area contributed by atoms with Gasteiger partial charge in [0, 0.05) is 12.5 Å². The van der Waals surface area contributed by atoms with Crippen LogP contribution in [0.15, 0.2) is 18.2 Å². The summed E-state index contributed by atoms with van der Waals surface area (Å²) in [5, 5.41) is 3.70. The van der Waals surface area contributed by atoms with E-state index in [1.165, 1.54) is 30.5 Å². The van der Waals surface area contributed by atoms with E-state index in [2.05, 4.69) is 30.4 Å². The standard InChI is InChI=1S/C15H21NO/c1-2-14(16-10-11-3-4-11)12-5-6-15-13(9-12)7-8-17-15/h5-6,9,11,14,16H,2-4,7-8,10H2,1H3. The first-order chi connectivity index (χ1) is 8.36. The topological polar surface area (TPSA) is 21.3 Å². The summed E-state index contributed by atoms with van der Waals surface area (Å²) in [4.78, 5) is 0. The van der Waals surface area contributed by atoms with Crippen molar-refractivity contribution in [2.45, 2.75) is 38.6 Å². The maximum Gasteiger partial charge on any atom is 0.122 e. The molecule has 1 heterocycles. The van der Waals surface area contributed by atoms with Crippen LogP contribution in [0.4, 0.5) is 0 Å². The normalized spacial score (nSPS) is 19.8. The molecule has 0 spiro atoms. The summed E-state index contributed by atoms with van der Waals surface area (Å²) in [5.74, 6) is 2.03. The summed E-state index contributed by atoms with van der Waals surface area (Å²) >= 11 is 0. The molecule has 3 rings (SSSR count). The van der Waals surface area contributed by atoms with Gasteiger partial charge in [-0.25, -0.2) is 0 Å². The van der Waals surface area contributed by atoms with Crippen molar-refractivity contribution in [3.63, 3.8) is 0 Å². The summed E-state index contributed by atoms with van der Waals surface area (Å²) in [6.07, 6.45) is 5.07. The Kier molecular flexibility index (Phi) is 3.06.